The van der Waals surface area contributed by atoms with Crippen LogP contribution in [-0.4, -0.2) is 16.6 Å². The van der Waals surface area contributed by atoms with E-state index >= 15 is 0 Å². The van der Waals surface area contributed by atoms with E-state index in [0.717, 1.165) is 24.5 Å². The maximum atomic E-state index is 5.69. The van der Waals surface area contributed by atoms with E-state index in [2.05, 4.69) is 9.97 Å². The van der Waals surface area contributed by atoms with Crippen LogP contribution in [0.15, 0.2) is 6.20 Å². The summed E-state index contributed by atoms with van der Waals surface area (Å²) in [4.78, 5) is 7.93. The Morgan fingerprint density at radius 1 is 1.53 bits per heavy atom. The molecule has 0 N–H and O–H groups in total. The highest BCUT2D eigenvalue weighted by Crippen LogP contribution is 2.29. The summed E-state index contributed by atoms with van der Waals surface area (Å²) in [6, 6.07) is 0. The normalized spacial score (nSPS) is 16.1. The van der Waals surface area contributed by atoms with Crippen LogP contribution in [-0.2, 0) is 0 Å². The number of aromatic nitrogens is 2. The lowest BCUT2D eigenvalue weighted by molar-refractivity contribution is 0.216. The van der Waals surface area contributed by atoms with Crippen molar-refractivity contribution < 1.29 is 4.74 Å². The van der Waals surface area contributed by atoms with Gasteiger partial charge in [0.2, 0.25) is 11.2 Å². The lowest BCUT2D eigenvalue weighted by Crippen LogP contribution is -2.15. The lowest BCUT2D eigenvalue weighted by Gasteiger charge is -2.24. The van der Waals surface area contributed by atoms with Crippen molar-refractivity contribution in [2.75, 3.05) is 6.61 Å². The molecule has 1 aliphatic carbocycles. The van der Waals surface area contributed by atoms with Crippen molar-refractivity contribution in [3.63, 3.8) is 0 Å². The van der Waals surface area contributed by atoms with Crippen molar-refractivity contribution in [1.82, 2.24) is 9.97 Å². The SMILES string of the molecule is Cc1cnc(Cl)nc1OCCC1CCC1. The van der Waals surface area contributed by atoms with E-state index < -0.39 is 0 Å². The van der Waals surface area contributed by atoms with Gasteiger partial charge >= 0.3 is 0 Å². The predicted molar refractivity (Wildman–Crippen MR) is 59.2 cm³/mol. The van der Waals surface area contributed by atoms with Gasteiger partial charge in [-0.2, -0.15) is 4.98 Å². The zero-order chi connectivity index (χ0) is 10.7. The van der Waals surface area contributed by atoms with Crippen molar-refractivity contribution in [2.24, 2.45) is 5.92 Å². The maximum absolute atomic E-state index is 5.69. The molecule has 2 rings (SSSR count). The first kappa shape index (κ1) is 10.7. The molecule has 4 heteroatoms. The van der Waals surface area contributed by atoms with Gasteiger partial charge in [0, 0.05) is 11.8 Å². The van der Waals surface area contributed by atoms with E-state index in [4.69, 9.17) is 16.3 Å². The van der Waals surface area contributed by atoms with Crippen molar-refractivity contribution in [1.29, 1.82) is 0 Å². The second-order valence-electron chi connectivity index (χ2n) is 4.06. The number of halogens is 1. The summed E-state index contributed by atoms with van der Waals surface area (Å²) < 4.78 is 5.59. The van der Waals surface area contributed by atoms with Gasteiger partial charge < -0.3 is 4.74 Å². The van der Waals surface area contributed by atoms with E-state index in [9.17, 15) is 0 Å². The molecule has 0 amide bonds. The minimum absolute atomic E-state index is 0.249. The Hall–Kier alpha value is -0.830. The molecule has 0 saturated heterocycles. The third-order valence-electron chi connectivity index (χ3n) is 2.89. The second kappa shape index (κ2) is 4.79. The molecular weight excluding hydrogens is 212 g/mol. The van der Waals surface area contributed by atoms with E-state index in [1.54, 1.807) is 6.20 Å². The first-order valence-electron chi connectivity index (χ1n) is 5.37. The average molecular weight is 227 g/mol. The van der Waals surface area contributed by atoms with Crippen LogP contribution >= 0.6 is 11.6 Å². The van der Waals surface area contributed by atoms with Crippen LogP contribution in [0.4, 0.5) is 0 Å². The Balaban J connectivity index is 1.83. The molecule has 3 nitrogen and oxygen atoms in total. The largest absolute Gasteiger partial charge is 0.477 e. The molecule has 1 aromatic rings. The Morgan fingerprint density at radius 3 is 3.00 bits per heavy atom. The van der Waals surface area contributed by atoms with Crippen molar-refractivity contribution in [2.45, 2.75) is 32.6 Å². The summed E-state index contributed by atoms with van der Waals surface area (Å²) in [6.45, 7) is 2.66. The van der Waals surface area contributed by atoms with Crippen molar-refractivity contribution in [3.8, 4) is 5.88 Å². The zero-order valence-electron chi connectivity index (χ0n) is 8.87. The number of nitrogens with zero attached hydrogens (tertiary/aromatic N) is 2. The maximum Gasteiger partial charge on any atom is 0.225 e. The summed E-state index contributed by atoms with van der Waals surface area (Å²) >= 11 is 5.69. The summed E-state index contributed by atoms with van der Waals surface area (Å²) in [7, 11) is 0. The monoisotopic (exact) mass is 226 g/mol. The third-order valence-corrected chi connectivity index (χ3v) is 3.07. The topological polar surface area (TPSA) is 35.0 Å². The van der Waals surface area contributed by atoms with Crippen LogP contribution in [0.1, 0.15) is 31.2 Å². The molecule has 0 atom stereocenters. The number of aryl methyl sites for hydroxylation is 1. The molecule has 1 fully saturated rings. The molecule has 0 aliphatic heterocycles. The van der Waals surface area contributed by atoms with Crippen LogP contribution in [0.3, 0.4) is 0 Å². The minimum Gasteiger partial charge on any atom is -0.477 e. The number of hydrogen-bond acceptors (Lipinski definition) is 3. The zero-order valence-corrected chi connectivity index (χ0v) is 9.63. The summed E-state index contributed by atoms with van der Waals surface area (Å²) in [5, 5.41) is 0.249. The van der Waals surface area contributed by atoms with Gasteiger partial charge in [-0.1, -0.05) is 19.3 Å². The van der Waals surface area contributed by atoms with Crippen molar-refractivity contribution >= 4 is 11.6 Å². The summed E-state index contributed by atoms with van der Waals surface area (Å²) in [5.74, 6) is 1.48. The molecule has 0 aromatic carbocycles. The molecule has 1 aliphatic rings. The molecule has 1 saturated carbocycles. The Morgan fingerprint density at radius 2 is 2.33 bits per heavy atom. The van der Waals surface area contributed by atoms with Gasteiger partial charge in [0.15, 0.2) is 0 Å². The van der Waals surface area contributed by atoms with Gasteiger partial charge in [0.25, 0.3) is 0 Å². The first-order valence-corrected chi connectivity index (χ1v) is 5.75. The van der Waals surface area contributed by atoms with E-state index in [-0.39, 0.29) is 5.28 Å². The summed E-state index contributed by atoms with van der Waals surface area (Å²) in [5.41, 5.74) is 0.938. The third kappa shape index (κ3) is 2.81. The number of hydrogen-bond donors (Lipinski definition) is 0. The lowest BCUT2D eigenvalue weighted by atomic mass is 9.83. The van der Waals surface area contributed by atoms with E-state index in [1.807, 2.05) is 6.92 Å². The van der Waals surface area contributed by atoms with E-state index in [1.165, 1.54) is 19.3 Å². The van der Waals surface area contributed by atoms with Gasteiger partial charge in [-0.15, -0.1) is 0 Å². The van der Waals surface area contributed by atoms with Gasteiger partial charge in [-0.3, -0.25) is 0 Å². The number of ether oxygens (including phenoxy) is 1. The Kier molecular flexibility index (Phi) is 3.41. The van der Waals surface area contributed by atoms with Gasteiger partial charge in [-0.25, -0.2) is 4.98 Å². The van der Waals surface area contributed by atoms with Crippen LogP contribution in [0.5, 0.6) is 5.88 Å². The standard InChI is InChI=1S/C11H15ClN2O/c1-8-7-13-11(12)14-10(8)15-6-5-9-3-2-4-9/h7,9H,2-6H2,1H3. The van der Waals surface area contributed by atoms with Crippen LogP contribution < -0.4 is 4.74 Å². The van der Waals surface area contributed by atoms with Crippen molar-refractivity contribution in [3.05, 3.63) is 17.0 Å². The summed E-state index contributed by atoms with van der Waals surface area (Å²) in [6.07, 6.45) is 6.90. The highest BCUT2D eigenvalue weighted by molar-refractivity contribution is 6.28. The first-order chi connectivity index (χ1) is 7.25. The molecule has 0 unspecified atom stereocenters. The second-order valence-corrected chi connectivity index (χ2v) is 4.40. The quantitative estimate of drug-likeness (QED) is 0.741. The van der Waals surface area contributed by atoms with E-state index in [0.29, 0.717) is 5.88 Å². The van der Waals surface area contributed by atoms with Gasteiger partial charge in [0.1, 0.15) is 0 Å². The smallest absolute Gasteiger partial charge is 0.225 e. The molecule has 15 heavy (non-hydrogen) atoms. The Labute approximate surface area is 94.8 Å². The number of rotatable bonds is 4. The molecule has 0 radical (unpaired) electrons. The molecule has 82 valence electrons. The molecular formula is C11H15ClN2O. The minimum atomic E-state index is 0.249. The van der Waals surface area contributed by atoms with Crippen LogP contribution in [0.25, 0.3) is 0 Å². The fraction of sp³-hybridized carbons (Fsp3) is 0.636. The molecule has 1 heterocycles. The Bertz CT molecular complexity index is 339. The fourth-order valence-electron chi connectivity index (χ4n) is 1.66. The van der Waals surface area contributed by atoms with Gasteiger partial charge in [0.05, 0.1) is 6.61 Å². The fourth-order valence-corrected chi connectivity index (χ4v) is 1.78. The molecule has 1 aromatic heterocycles. The molecule has 0 spiro atoms. The highest BCUT2D eigenvalue weighted by Gasteiger charge is 2.17. The van der Waals surface area contributed by atoms with Crippen LogP contribution in [0.2, 0.25) is 5.28 Å². The highest BCUT2D eigenvalue weighted by atomic mass is 35.5. The average Bonchev–Trinajstić information content (AvgIpc) is 2.15. The van der Waals surface area contributed by atoms with Gasteiger partial charge in [-0.05, 0) is 30.9 Å². The van der Waals surface area contributed by atoms with Crippen LogP contribution in [0, 0.1) is 12.8 Å². The predicted octanol–water partition coefficient (Wildman–Crippen LogP) is 3.01. The molecule has 0 bridgehead atoms.